The van der Waals surface area contributed by atoms with Crippen LogP contribution in [0.5, 0.6) is 0 Å². The number of hydrogen-bond donors (Lipinski definition) is 1. The summed E-state index contributed by atoms with van der Waals surface area (Å²) in [5.41, 5.74) is 0.637. The molecule has 5 nitrogen and oxygen atoms in total. The molecule has 98 valence electrons. The highest BCUT2D eigenvalue weighted by Crippen LogP contribution is 2.25. The number of nitrogens with one attached hydrogen (secondary N) is 1. The molecular weight excluding hydrogens is 228 g/mol. The third-order valence-electron chi connectivity index (χ3n) is 3.58. The van der Waals surface area contributed by atoms with E-state index in [1.807, 2.05) is 19.3 Å². The molecule has 0 bridgehead atoms. The fraction of sp³-hybridized carbons (Fsp3) is 0.615. The van der Waals surface area contributed by atoms with Gasteiger partial charge in [0.2, 0.25) is 5.91 Å². The van der Waals surface area contributed by atoms with E-state index in [1.165, 1.54) is 6.33 Å². The van der Waals surface area contributed by atoms with Crippen LogP contribution in [0.25, 0.3) is 0 Å². The van der Waals surface area contributed by atoms with Crippen LogP contribution in [-0.4, -0.2) is 39.4 Å². The average molecular weight is 248 g/mol. The monoisotopic (exact) mass is 248 g/mol. The molecule has 1 aliphatic heterocycles. The summed E-state index contributed by atoms with van der Waals surface area (Å²) < 4.78 is 0. The fourth-order valence-corrected chi connectivity index (χ4v) is 2.53. The third-order valence-corrected chi connectivity index (χ3v) is 3.58. The van der Waals surface area contributed by atoms with Crippen molar-refractivity contribution in [3.05, 3.63) is 24.3 Å². The number of nitrogens with zero attached hydrogens (tertiary/aromatic N) is 3. The SMILES string of the molecule is CCCC1(C)C(=O)NCCN1Cc1cncnc1. The number of amides is 1. The van der Waals surface area contributed by atoms with Gasteiger partial charge in [-0.15, -0.1) is 0 Å². The van der Waals surface area contributed by atoms with Crippen LogP contribution in [0.15, 0.2) is 18.7 Å². The molecule has 1 fully saturated rings. The first-order valence-corrected chi connectivity index (χ1v) is 6.44. The van der Waals surface area contributed by atoms with Gasteiger partial charge in [-0.25, -0.2) is 9.97 Å². The topological polar surface area (TPSA) is 58.1 Å². The highest BCUT2D eigenvalue weighted by atomic mass is 16.2. The van der Waals surface area contributed by atoms with Crippen LogP contribution in [0, 0.1) is 0 Å². The van der Waals surface area contributed by atoms with Crippen LogP contribution < -0.4 is 5.32 Å². The minimum Gasteiger partial charge on any atom is -0.353 e. The molecule has 1 aliphatic rings. The molecule has 1 saturated heterocycles. The molecule has 1 amide bonds. The van der Waals surface area contributed by atoms with E-state index in [9.17, 15) is 4.79 Å². The van der Waals surface area contributed by atoms with Crippen LogP contribution in [-0.2, 0) is 11.3 Å². The Balaban J connectivity index is 2.16. The second-order valence-corrected chi connectivity index (χ2v) is 4.95. The molecule has 0 aliphatic carbocycles. The molecule has 0 aromatic carbocycles. The molecule has 1 aromatic heterocycles. The molecule has 0 radical (unpaired) electrons. The van der Waals surface area contributed by atoms with Crippen molar-refractivity contribution in [2.24, 2.45) is 0 Å². The van der Waals surface area contributed by atoms with Gasteiger partial charge in [0.1, 0.15) is 6.33 Å². The van der Waals surface area contributed by atoms with Crippen LogP contribution in [0.3, 0.4) is 0 Å². The van der Waals surface area contributed by atoms with Crippen LogP contribution >= 0.6 is 0 Å². The van der Waals surface area contributed by atoms with Crippen molar-refractivity contribution in [2.45, 2.75) is 38.8 Å². The van der Waals surface area contributed by atoms with Gasteiger partial charge < -0.3 is 5.32 Å². The number of aromatic nitrogens is 2. The van der Waals surface area contributed by atoms with Crippen molar-refractivity contribution in [3.8, 4) is 0 Å². The highest BCUT2D eigenvalue weighted by Gasteiger charge is 2.40. The van der Waals surface area contributed by atoms with E-state index in [4.69, 9.17) is 0 Å². The molecule has 1 unspecified atom stereocenters. The van der Waals surface area contributed by atoms with Crippen LogP contribution in [0.4, 0.5) is 0 Å². The van der Waals surface area contributed by atoms with Crippen molar-refractivity contribution < 1.29 is 4.79 Å². The first-order valence-electron chi connectivity index (χ1n) is 6.44. The number of carbonyl (C=O) groups is 1. The van der Waals surface area contributed by atoms with E-state index in [1.54, 1.807) is 0 Å². The first kappa shape index (κ1) is 13.0. The van der Waals surface area contributed by atoms with E-state index in [0.29, 0.717) is 6.54 Å². The maximum atomic E-state index is 12.1. The van der Waals surface area contributed by atoms with Gasteiger partial charge in [-0.1, -0.05) is 13.3 Å². The summed E-state index contributed by atoms with van der Waals surface area (Å²) in [6.45, 7) is 6.44. The maximum Gasteiger partial charge on any atom is 0.240 e. The zero-order chi connectivity index (χ0) is 13.0. The molecule has 1 N–H and O–H groups in total. The highest BCUT2D eigenvalue weighted by molar-refractivity contribution is 5.86. The first-order chi connectivity index (χ1) is 8.66. The Labute approximate surface area is 108 Å². The molecule has 2 rings (SSSR count). The van der Waals surface area contributed by atoms with Gasteiger partial charge in [-0.2, -0.15) is 0 Å². The smallest absolute Gasteiger partial charge is 0.240 e. The lowest BCUT2D eigenvalue weighted by molar-refractivity contribution is -0.137. The Morgan fingerprint density at radius 2 is 2.17 bits per heavy atom. The molecule has 0 saturated carbocycles. The summed E-state index contributed by atoms with van der Waals surface area (Å²) in [6, 6.07) is 0. The molecule has 1 aromatic rings. The number of hydrogen-bond acceptors (Lipinski definition) is 4. The Morgan fingerprint density at radius 1 is 1.44 bits per heavy atom. The fourth-order valence-electron chi connectivity index (χ4n) is 2.53. The zero-order valence-corrected chi connectivity index (χ0v) is 11.0. The molecule has 2 heterocycles. The number of piperazine rings is 1. The van der Waals surface area contributed by atoms with Gasteiger partial charge in [0.15, 0.2) is 0 Å². The summed E-state index contributed by atoms with van der Waals surface area (Å²) in [5.74, 6) is 0.132. The Hall–Kier alpha value is -1.49. The van der Waals surface area contributed by atoms with Crippen molar-refractivity contribution in [3.63, 3.8) is 0 Å². The minimum atomic E-state index is -0.414. The van der Waals surface area contributed by atoms with Gasteiger partial charge in [0.25, 0.3) is 0 Å². The van der Waals surface area contributed by atoms with Gasteiger partial charge in [-0.3, -0.25) is 9.69 Å². The second kappa shape index (κ2) is 5.44. The summed E-state index contributed by atoms with van der Waals surface area (Å²) in [5, 5.41) is 2.96. The zero-order valence-electron chi connectivity index (χ0n) is 11.0. The maximum absolute atomic E-state index is 12.1. The van der Waals surface area contributed by atoms with Gasteiger partial charge in [-0.05, 0) is 13.3 Å². The largest absolute Gasteiger partial charge is 0.353 e. The summed E-state index contributed by atoms with van der Waals surface area (Å²) in [4.78, 5) is 22.4. The summed E-state index contributed by atoms with van der Waals surface area (Å²) >= 11 is 0. The van der Waals surface area contributed by atoms with E-state index >= 15 is 0 Å². The predicted molar refractivity (Wildman–Crippen MR) is 68.8 cm³/mol. The van der Waals surface area contributed by atoms with Crippen molar-refractivity contribution >= 4 is 5.91 Å². The van der Waals surface area contributed by atoms with E-state index in [-0.39, 0.29) is 5.91 Å². The molecule has 18 heavy (non-hydrogen) atoms. The normalized spacial score (nSPS) is 24.9. The lowest BCUT2D eigenvalue weighted by atomic mass is 9.90. The molecule has 5 heteroatoms. The standard InChI is InChI=1S/C13H20N4O/c1-3-4-13(2)12(18)16-5-6-17(13)9-11-7-14-10-15-8-11/h7-8,10H,3-6,9H2,1-2H3,(H,16,18). The lowest BCUT2D eigenvalue weighted by Crippen LogP contribution is -2.62. The van der Waals surface area contributed by atoms with Gasteiger partial charge in [0, 0.05) is 37.6 Å². The van der Waals surface area contributed by atoms with Gasteiger partial charge in [0.05, 0.1) is 5.54 Å². The Kier molecular flexibility index (Phi) is 3.91. The van der Waals surface area contributed by atoms with Crippen molar-refractivity contribution in [1.82, 2.24) is 20.2 Å². The van der Waals surface area contributed by atoms with Crippen molar-refractivity contribution in [1.29, 1.82) is 0 Å². The summed E-state index contributed by atoms with van der Waals surface area (Å²) in [7, 11) is 0. The summed E-state index contributed by atoms with van der Waals surface area (Å²) in [6.07, 6.45) is 7.01. The number of rotatable bonds is 4. The molecule has 0 spiro atoms. The third kappa shape index (κ3) is 2.51. The van der Waals surface area contributed by atoms with E-state index in [2.05, 4.69) is 27.1 Å². The molecule has 1 atom stereocenters. The van der Waals surface area contributed by atoms with Crippen molar-refractivity contribution in [2.75, 3.05) is 13.1 Å². The van der Waals surface area contributed by atoms with Crippen LogP contribution in [0.2, 0.25) is 0 Å². The molecular formula is C13H20N4O. The van der Waals surface area contributed by atoms with Crippen LogP contribution in [0.1, 0.15) is 32.3 Å². The van der Waals surface area contributed by atoms with E-state index in [0.717, 1.165) is 31.5 Å². The Bertz CT molecular complexity index is 409. The lowest BCUT2D eigenvalue weighted by Gasteiger charge is -2.43. The van der Waals surface area contributed by atoms with Gasteiger partial charge >= 0.3 is 0 Å². The van der Waals surface area contributed by atoms with E-state index < -0.39 is 5.54 Å². The number of carbonyl (C=O) groups excluding carboxylic acids is 1. The second-order valence-electron chi connectivity index (χ2n) is 4.95. The minimum absolute atomic E-state index is 0.132. The quantitative estimate of drug-likeness (QED) is 0.862. The average Bonchev–Trinajstić information content (AvgIpc) is 2.37. The Morgan fingerprint density at radius 3 is 2.83 bits per heavy atom. The predicted octanol–water partition coefficient (Wildman–Crippen LogP) is 0.967.